The Morgan fingerprint density at radius 1 is 1.37 bits per heavy atom. The Labute approximate surface area is 118 Å². The summed E-state index contributed by atoms with van der Waals surface area (Å²) in [6.07, 6.45) is 0.832. The predicted molar refractivity (Wildman–Crippen MR) is 76.6 cm³/mol. The molecule has 2 aliphatic rings. The fourth-order valence-electron chi connectivity index (χ4n) is 2.73. The average Bonchev–Trinajstić information content (AvgIpc) is 2.80. The van der Waals surface area contributed by atoms with E-state index in [0.29, 0.717) is 24.7 Å². The van der Waals surface area contributed by atoms with E-state index in [-0.39, 0.29) is 29.3 Å². The molecular formula is C13H23N3O2S. The molecule has 0 aromatic carbocycles. The first-order valence-electron chi connectivity index (χ1n) is 6.72. The van der Waals surface area contributed by atoms with Crippen LogP contribution in [0.2, 0.25) is 0 Å². The van der Waals surface area contributed by atoms with Gasteiger partial charge < -0.3 is 15.5 Å². The highest BCUT2D eigenvalue weighted by atomic mass is 32.2. The second-order valence-corrected chi connectivity index (χ2v) is 7.15. The summed E-state index contributed by atoms with van der Waals surface area (Å²) in [5, 5.41) is 0. The maximum Gasteiger partial charge on any atom is 0.246 e. The number of piperidine rings is 1. The van der Waals surface area contributed by atoms with Gasteiger partial charge in [-0.25, -0.2) is 0 Å². The summed E-state index contributed by atoms with van der Waals surface area (Å²) in [5.74, 6) is 1.40. The number of nitrogens with two attached hydrogens (primary N) is 1. The number of carbonyl (C=O) groups excluding carboxylic acids is 2. The van der Waals surface area contributed by atoms with Gasteiger partial charge in [-0.15, -0.1) is 11.8 Å². The zero-order valence-corrected chi connectivity index (χ0v) is 12.7. The summed E-state index contributed by atoms with van der Waals surface area (Å²) in [6.45, 7) is 7.12. The highest BCUT2D eigenvalue weighted by Gasteiger charge is 2.40. The first kappa shape index (κ1) is 14.7. The molecule has 0 spiro atoms. The summed E-state index contributed by atoms with van der Waals surface area (Å²) in [6, 6.07) is -0.147. The van der Waals surface area contributed by atoms with E-state index in [9.17, 15) is 9.59 Å². The summed E-state index contributed by atoms with van der Waals surface area (Å²) in [4.78, 5) is 27.7. The van der Waals surface area contributed by atoms with Gasteiger partial charge in [0.2, 0.25) is 11.8 Å². The van der Waals surface area contributed by atoms with Gasteiger partial charge in [-0.05, 0) is 11.8 Å². The second kappa shape index (κ2) is 5.32. The Bertz CT molecular complexity index is 386. The minimum Gasteiger partial charge on any atom is -0.340 e. The molecule has 2 fully saturated rings. The van der Waals surface area contributed by atoms with Crippen LogP contribution in [0.15, 0.2) is 0 Å². The van der Waals surface area contributed by atoms with Crippen LogP contribution in [0.3, 0.4) is 0 Å². The summed E-state index contributed by atoms with van der Waals surface area (Å²) in [5.41, 5.74) is 6.04. The standard InChI is InChI=1S/C13H23N3O2S/c1-9(17)16-8-19-6-10(16)12(18)15-5-4-11(14)13(2,3)7-15/h10-11H,4-8,14H2,1-3H3. The van der Waals surface area contributed by atoms with E-state index in [1.165, 1.54) is 6.92 Å². The Kier molecular flexibility index (Phi) is 4.11. The van der Waals surface area contributed by atoms with Crippen LogP contribution in [-0.4, -0.2) is 58.4 Å². The molecular weight excluding hydrogens is 262 g/mol. The molecule has 0 aromatic rings. The van der Waals surface area contributed by atoms with E-state index < -0.39 is 0 Å². The number of hydrogen-bond donors (Lipinski definition) is 1. The van der Waals surface area contributed by atoms with Crippen LogP contribution in [0, 0.1) is 5.41 Å². The van der Waals surface area contributed by atoms with Gasteiger partial charge in [0.1, 0.15) is 6.04 Å². The molecule has 2 atom stereocenters. The molecule has 2 heterocycles. The third-order valence-corrected chi connectivity index (χ3v) is 5.21. The summed E-state index contributed by atoms with van der Waals surface area (Å²) < 4.78 is 0. The molecule has 2 rings (SSSR count). The highest BCUT2D eigenvalue weighted by Crippen LogP contribution is 2.30. The van der Waals surface area contributed by atoms with E-state index in [4.69, 9.17) is 5.73 Å². The molecule has 2 unspecified atom stereocenters. The van der Waals surface area contributed by atoms with Gasteiger partial charge in [0.05, 0.1) is 5.88 Å². The molecule has 0 bridgehead atoms. The van der Waals surface area contributed by atoms with Crippen LogP contribution in [0.25, 0.3) is 0 Å². The maximum atomic E-state index is 12.6. The molecule has 19 heavy (non-hydrogen) atoms. The van der Waals surface area contributed by atoms with Crippen molar-refractivity contribution in [3.8, 4) is 0 Å². The molecule has 0 aliphatic carbocycles. The van der Waals surface area contributed by atoms with Crippen LogP contribution in [0.1, 0.15) is 27.2 Å². The lowest BCUT2D eigenvalue weighted by molar-refractivity contribution is -0.144. The van der Waals surface area contributed by atoms with E-state index in [2.05, 4.69) is 13.8 Å². The van der Waals surface area contributed by atoms with Crippen molar-refractivity contribution in [2.24, 2.45) is 11.1 Å². The molecule has 2 aliphatic heterocycles. The minimum atomic E-state index is -0.285. The molecule has 6 heteroatoms. The van der Waals surface area contributed by atoms with Crippen LogP contribution in [-0.2, 0) is 9.59 Å². The number of rotatable bonds is 1. The molecule has 108 valence electrons. The average molecular weight is 285 g/mol. The van der Waals surface area contributed by atoms with Crippen molar-refractivity contribution in [3.05, 3.63) is 0 Å². The van der Waals surface area contributed by atoms with Crippen LogP contribution in [0.5, 0.6) is 0 Å². The first-order chi connectivity index (χ1) is 8.83. The van der Waals surface area contributed by atoms with Gasteiger partial charge in [0, 0.05) is 31.8 Å². The van der Waals surface area contributed by atoms with Crippen molar-refractivity contribution in [2.45, 2.75) is 39.3 Å². The zero-order chi connectivity index (χ0) is 14.2. The number of thioether (sulfide) groups is 1. The van der Waals surface area contributed by atoms with E-state index in [0.717, 1.165) is 6.42 Å². The monoisotopic (exact) mass is 285 g/mol. The van der Waals surface area contributed by atoms with E-state index in [1.807, 2.05) is 4.90 Å². The maximum absolute atomic E-state index is 12.6. The van der Waals surface area contributed by atoms with Crippen molar-refractivity contribution in [1.82, 2.24) is 9.80 Å². The van der Waals surface area contributed by atoms with Crippen LogP contribution in [0.4, 0.5) is 0 Å². The largest absolute Gasteiger partial charge is 0.340 e. The Hall–Kier alpha value is -0.750. The fraction of sp³-hybridized carbons (Fsp3) is 0.846. The number of hydrogen-bond acceptors (Lipinski definition) is 4. The van der Waals surface area contributed by atoms with Gasteiger partial charge in [-0.3, -0.25) is 9.59 Å². The number of nitrogens with zero attached hydrogens (tertiary/aromatic N) is 2. The first-order valence-corrected chi connectivity index (χ1v) is 7.88. The van der Waals surface area contributed by atoms with E-state index in [1.54, 1.807) is 16.7 Å². The molecule has 0 saturated carbocycles. The number of carbonyl (C=O) groups is 2. The van der Waals surface area contributed by atoms with Crippen molar-refractivity contribution in [1.29, 1.82) is 0 Å². The predicted octanol–water partition coefficient (Wildman–Crippen LogP) is 0.494. The zero-order valence-electron chi connectivity index (χ0n) is 11.9. The van der Waals surface area contributed by atoms with Crippen molar-refractivity contribution < 1.29 is 9.59 Å². The van der Waals surface area contributed by atoms with Gasteiger partial charge >= 0.3 is 0 Å². The quantitative estimate of drug-likeness (QED) is 0.761. The second-order valence-electron chi connectivity index (χ2n) is 6.15. The topological polar surface area (TPSA) is 66.6 Å². The van der Waals surface area contributed by atoms with Gasteiger partial charge in [-0.1, -0.05) is 13.8 Å². The van der Waals surface area contributed by atoms with E-state index >= 15 is 0 Å². The fourth-order valence-corrected chi connectivity index (χ4v) is 3.94. The molecule has 2 N–H and O–H groups in total. The van der Waals surface area contributed by atoms with Gasteiger partial charge in [0.15, 0.2) is 0 Å². The smallest absolute Gasteiger partial charge is 0.246 e. The lowest BCUT2D eigenvalue weighted by atomic mass is 9.79. The van der Waals surface area contributed by atoms with Crippen LogP contribution < -0.4 is 5.73 Å². The Morgan fingerprint density at radius 2 is 2.05 bits per heavy atom. The highest BCUT2D eigenvalue weighted by molar-refractivity contribution is 7.99. The summed E-state index contributed by atoms with van der Waals surface area (Å²) >= 11 is 1.64. The molecule has 0 aromatic heterocycles. The van der Waals surface area contributed by atoms with Crippen LogP contribution >= 0.6 is 11.8 Å². The lowest BCUT2D eigenvalue weighted by Crippen LogP contribution is -2.57. The third kappa shape index (κ3) is 2.89. The number of amides is 2. The molecule has 2 saturated heterocycles. The Balaban J connectivity index is 2.06. The lowest BCUT2D eigenvalue weighted by Gasteiger charge is -2.43. The third-order valence-electron chi connectivity index (χ3n) is 4.20. The minimum absolute atomic E-state index is 0.0173. The SMILES string of the molecule is CC(=O)N1CSCC1C(=O)N1CCC(N)C(C)(C)C1. The van der Waals surface area contributed by atoms with Gasteiger partial charge in [-0.2, -0.15) is 0 Å². The Morgan fingerprint density at radius 3 is 2.63 bits per heavy atom. The molecule has 0 radical (unpaired) electrons. The van der Waals surface area contributed by atoms with Crippen molar-refractivity contribution in [3.63, 3.8) is 0 Å². The number of likely N-dealkylation sites (tertiary alicyclic amines) is 1. The van der Waals surface area contributed by atoms with Crippen molar-refractivity contribution >= 4 is 23.6 Å². The normalized spacial score (nSPS) is 30.5. The summed E-state index contributed by atoms with van der Waals surface area (Å²) in [7, 11) is 0. The molecule has 5 nitrogen and oxygen atoms in total. The van der Waals surface area contributed by atoms with Gasteiger partial charge in [0.25, 0.3) is 0 Å². The molecule has 2 amide bonds. The van der Waals surface area contributed by atoms with Crippen molar-refractivity contribution in [2.75, 3.05) is 24.7 Å².